The van der Waals surface area contributed by atoms with E-state index in [0.29, 0.717) is 5.92 Å². The van der Waals surface area contributed by atoms with Gasteiger partial charge < -0.3 is 10.2 Å². The smallest absolute Gasteiger partial charge is 0.228 e. The van der Waals surface area contributed by atoms with Crippen LogP contribution in [0.15, 0.2) is 36.7 Å². The average molecular weight is 313 g/mol. The molecule has 2 heterocycles. The first kappa shape index (κ1) is 15.7. The molecule has 1 N–H and O–H groups in total. The summed E-state index contributed by atoms with van der Waals surface area (Å²) >= 11 is 0. The Kier molecular flexibility index (Phi) is 4.71. The van der Waals surface area contributed by atoms with Crippen LogP contribution in [-0.4, -0.2) is 45.4 Å². The lowest BCUT2D eigenvalue weighted by Crippen LogP contribution is -2.29. The molecule has 1 saturated heterocycles. The molecule has 0 bridgehead atoms. The molecule has 1 aromatic carbocycles. The van der Waals surface area contributed by atoms with Crippen LogP contribution >= 0.6 is 0 Å². The summed E-state index contributed by atoms with van der Waals surface area (Å²) in [6, 6.07) is 7.65. The molecule has 3 rings (SSSR count). The minimum Gasteiger partial charge on any atom is -0.324 e. The molecule has 23 heavy (non-hydrogen) atoms. The Morgan fingerprint density at radius 2 is 2.22 bits per heavy atom. The largest absolute Gasteiger partial charge is 0.324 e. The van der Waals surface area contributed by atoms with Crippen LogP contribution in [0.5, 0.6) is 0 Å². The van der Waals surface area contributed by atoms with Gasteiger partial charge in [-0.25, -0.2) is 4.68 Å². The molecule has 122 valence electrons. The fraction of sp³-hybridized carbons (Fsp3) is 0.471. The van der Waals surface area contributed by atoms with Gasteiger partial charge >= 0.3 is 0 Å². The van der Waals surface area contributed by atoms with Crippen molar-refractivity contribution >= 4 is 11.6 Å². The maximum absolute atomic E-state index is 12.6. The van der Waals surface area contributed by atoms with E-state index in [1.807, 2.05) is 24.3 Å². The van der Waals surface area contributed by atoms with E-state index in [4.69, 9.17) is 0 Å². The third-order valence-electron chi connectivity index (χ3n) is 4.10. The predicted octanol–water partition coefficient (Wildman–Crippen LogP) is 2.18. The minimum atomic E-state index is 0.0533. The van der Waals surface area contributed by atoms with Crippen molar-refractivity contribution in [3.8, 4) is 5.69 Å². The SMILES string of the molecule is CC(C)CN1CC[C@@H](C(=O)Nc2ccccc2-n2ccnn2)C1. The molecule has 0 spiro atoms. The summed E-state index contributed by atoms with van der Waals surface area (Å²) in [5.74, 6) is 0.770. The number of carbonyl (C=O) groups is 1. The number of nitrogens with zero attached hydrogens (tertiary/aromatic N) is 4. The first-order chi connectivity index (χ1) is 11.1. The number of anilines is 1. The Bertz CT molecular complexity index is 653. The molecule has 2 aromatic rings. The fourth-order valence-corrected chi connectivity index (χ4v) is 3.08. The second kappa shape index (κ2) is 6.91. The fourth-order valence-electron chi connectivity index (χ4n) is 3.08. The van der Waals surface area contributed by atoms with Crippen LogP contribution in [-0.2, 0) is 4.79 Å². The molecule has 6 heteroatoms. The van der Waals surface area contributed by atoms with Crippen LogP contribution in [0.2, 0.25) is 0 Å². The van der Waals surface area contributed by atoms with Crippen LogP contribution in [0.1, 0.15) is 20.3 Å². The van der Waals surface area contributed by atoms with E-state index in [1.165, 1.54) is 0 Å². The molecule has 1 aromatic heterocycles. The van der Waals surface area contributed by atoms with Crippen LogP contribution in [0.25, 0.3) is 5.69 Å². The van der Waals surface area contributed by atoms with E-state index in [-0.39, 0.29) is 11.8 Å². The number of hydrogen-bond donors (Lipinski definition) is 1. The van der Waals surface area contributed by atoms with Gasteiger partial charge in [0.05, 0.1) is 29.7 Å². The zero-order valence-electron chi connectivity index (χ0n) is 13.6. The summed E-state index contributed by atoms with van der Waals surface area (Å²) in [6.45, 7) is 7.32. The van der Waals surface area contributed by atoms with Crippen LogP contribution in [0.3, 0.4) is 0 Å². The maximum atomic E-state index is 12.6. The van der Waals surface area contributed by atoms with Crippen molar-refractivity contribution in [2.24, 2.45) is 11.8 Å². The predicted molar refractivity (Wildman–Crippen MR) is 89.4 cm³/mol. The summed E-state index contributed by atoms with van der Waals surface area (Å²) in [6.07, 6.45) is 4.31. The highest BCUT2D eigenvalue weighted by Crippen LogP contribution is 2.23. The third kappa shape index (κ3) is 3.76. The van der Waals surface area contributed by atoms with E-state index in [0.717, 1.165) is 37.4 Å². The van der Waals surface area contributed by atoms with Gasteiger partial charge in [-0.1, -0.05) is 31.2 Å². The summed E-state index contributed by atoms with van der Waals surface area (Å²) in [4.78, 5) is 15.0. The summed E-state index contributed by atoms with van der Waals surface area (Å²) in [5.41, 5.74) is 1.60. The number of likely N-dealkylation sites (tertiary alicyclic amines) is 1. The van der Waals surface area contributed by atoms with E-state index in [1.54, 1.807) is 17.1 Å². The molecule has 0 saturated carbocycles. The highest BCUT2D eigenvalue weighted by Gasteiger charge is 2.28. The van der Waals surface area contributed by atoms with Gasteiger partial charge in [0.1, 0.15) is 0 Å². The molecule has 1 atom stereocenters. The molecule has 0 aliphatic carbocycles. The Balaban J connectivity index is 1.67. The second-order valence-corrected chi connectivity index (χ2v) is 6.49. The molecular weight excluding hydrogens is 290 g/mol. The van der Waals surface area contributed by atoms with E-state index >= 15 is 0 Å². The van der Waals surface area contributed by atoms with Crippen molar-refractivity contribution in [3.05, 3.63) is 36.7 Å². The highest BCUT2D eigenvalue weighted by atomic mass is 16.2. The van der Waals surface area contributed by atoms with Crippen LogP contribution in [0.4, 0.5) is 5.69 Å². The van der Waals surface area contributed by atoms with Gasteiger partial charge in [0, 0.05) is 13.1 Å². The zero-order chi connectivity index (χ0) is 16.2. The molecule has 0 radical (unpaired) electrons. The third-order valence-corrected chi connectivity index (χ3v) is 4.10. The van der Waals surface area contributed by atoms with Gasteiger partial charge in [-0.2, -0.15) is 0 Å². The van der Waals surface area contributed by atoms with Gasteiger partial charge in [0.15, 0.2) is 0 Å². The monoisotopic (exact) mass is 313 g/mol. The van der Waals surface area contributed by atoms with Crippen molar-refractivity contribution in [2.75, 3.05) is 25.0 Å². The lowest BCUT2D eigenvalue weighted by atomic mass is 10.1. The quantitative estimate of drug-likeness (QED) is 0.919. The van der Waals surface area contributed by atoms with Crippen molar-refractivity contribution in [1.82, 2.24) is 19.9 Å². The van der Waals surface area contributed by atoms with Crippen LogP contribution < -0.4 is 5.32 Å². The Hall–Kier alpha value is -2.21. The standard InChI is InChI=1S/C17H23N5O/c1-13(2)11-21-9-7-14(12-21)17(23)19-15-5-3-4-6-16(15)22-10-8-18-20-22/h3-6,8,10,13-14H,7,9,11-12H2,1-2H3,(H,19,23)/t14-/m1/s1. The first-order valence-corrected chi connectivity index (χ1v) is 8.12. The Morgan fingerprint density at radius 1 is 1.39 bits per heavy atom. The van der Waals surface area contributed by atoms with Gasteiger partial charge in [0.25, 0.3) is 0 Å². The summed E-state index contributed by atoms with van der Waals surface area (Å²) in [7, 11) is 0. The van der Waals surface area contributed by atoms with Crippen LogP contribution in [0, 0.1) is 11.8 Å². The summed E-state index contributed by atoms with van der Waals surface area (Å²) in [5, 5.41) is 10.9. The van der Waals surface area contributed by atoms with E-state index in [2.05, 4.69) is 34.4 Å². The van der Waals surface area contributed by atoms with Crippen molar-refractivity contribution in [1.29, 1.82) is 0 Å². The maximum Gasteiger partial charge on any atom is 0.228 e. The first-order valence-electron chi connectivity index (χ1n) is 8.12. The number of hydrogen-bond acceptors (Lipinski definition) is 4. The molecular formula is C17H23N5O. The topological polar surface area (TPSA) is 63.1 Å². The lowest BCUT2D eigenvalue weighted by Gasteiger charge is -2.18. The number of aromatic nitrogens is 3. The van der Waals surface area contributed by atoms with Crippen molar-refractivity contribution in [2.45, 2.75) is 20.3 Å². The molecule has 1 aliphatic rings. The molecule has 1 aliphatic heterocycles. The van der Waals surface area contributed by atoms with Gasteiger partial charge in [-0.05, 0) is 31.0 Å². The number of nitrogens with one attached hydrogen (secondary N) is 1. The highest BCUT2D eigenvalue weighted by molar-refractivity contribution is 5.94. The van der Waals surface area contributed by atoms with Gasteiger partial charge in [-0.3, -0.25) is 4.79 Å². The number of amides is 1. The van der Waals surface area contributed by atoms with Crippen molar-refractivity contribution < 1.29 is 4.79 Å². The number of carbonyl (C=O) groups excluding carboxylic acids is 1. The van der Waals surface area contributed by atoms with E-state index < -0.39 is 0 Å². The Morgan fingerprint density at radius 3 is 2.96 bits per heavy atom. The van der Waals surface area contributed by atoms with Gasteiger partial charge in [-0.15, -0.1) is 5.10 Å². The second-order valence-electron chi connectivity index (χ2n) is 6.49. The summed E-state index contributed by atoms with van der Waals surface area (Å²) < 4.78 is 1.66. The Labute approximate surface area is 136 Å². The van der Waals surface area contributed by atoms with E-state index in [9.17, 15) is 4.79 Å². The molecule has 1 amide bonds. The average Bonchev–Trinajstić information content (AvgIpc) is 3.18. The lowest BCUT2D eigenvalue weighted by molar-refractivity contribution is -0.119. The van der Waals surface area contributed by atoms with Gasteiger partial charge in [0.2, 0.25) is 5.91 Å². The number of benzene rings is 1. The molecule has 0 unspecified atom stereocenters. The normalized spacial score (nSPS) is 18.5. The molecule has 6 nitrogen and oxygen atoms in total. The number of rotatable bonds is 5. The zero-order valence-corrected chi connectivity index (χ0v) is 13.6. The number of para-hydroxylation sites is 2. The minimum absolute atomic E-state index is 0.0533. The molecule has 1 fully saturated rings. The van der Waals surface area contributed by atoms with Crippen molar-refractivity contribution in [3.63, 3.8) is 0 Å².